The van der Waals surface area contributed by atoms with Gasteiger partial charge in [0.15, 0.2) is 5.76 Å². The fraction of sp³-hybridized carbons (Fsp3) is 0.588. The van der Waals surface area contributed by atoms with Crippen molar-refractivity contribution in [3.05, 3.63) is 23.7 Å². The molecule has 23 heavy (non-hydrogen) atoms. The van der Waals surface area contributed by atoms with Crippen LogP contribution in [-0.2, 0) is 10.2 Å². The summed E-state index contributed by atoms with van der Waals surface area (Å²) in [6.45, 7) is 1.90. The van der Waals surface area contributed by atoms with Crippen LogP contribution >= 0.6 is 0 Å². The molecule has 0 atom stereocenters. The molecule has 2 aliphatic rings. The van der Waals surface area contributed by atoms with Gasteiger partial charge in [0.1, 0.15) is 17.0 Å². The molecule has 2 heterocycles. The van der Waals surface area contributed by atoms with Gasteiger partial charge in [0.2, 0.25) is 11.7 Å². The number of carbonyl (C=O) groups excluding carboxylic acids is 1. The third-order valence-electron chi connectivity index (χ3n) is 5.16. The van der Waals surface area contributed by atoms with Crippen molar-refractivity contribution in [3.8, 4) is 11.6 Å². The molecule has 0 radical (unpaired) electrons. The summed E-state index contributed by atoms with van der Waals surface area (Å²) in [5.74, 6) is 2.49. The maximum atomic E-state index is 12.0. The summed E-state index contributed by atoms with van der Waals surface area (Å²) in [5, 5.41) is 4.71. The van der Waals surface area contributed by atoms with Crippen LogP contribution in [0.5, 0.6) is 0 Å². The SMILES string of the molecule is Cc1ccc(-c2nc(C3(C(N)=O)CC3)n(C3CCCCC3)n2)o1. The van der Waals surface area contributed by atoms with E-state index in [-0.39, 0.29) is 5.91 Å². The number of aryl methyl sites for hydroxylation is 1. The van der Waals surface area contributed by atoms with E-state index in [0.717, 1.165) is 37.3 Å². The Balaban J connectivity index is 1.79. The summed E-state index contributed by atoms with van der Waals surface area (Å²) < 4.78 is 7.64. The number of amides is 1. The van der Waals surface area contributed by atoms with Gasteiger partial charge in [0.05, 0.1) is 6.04 Å². The van der Waals surface area contributed by atoms with Crippen LogP contribution in [-0.4, -0.2) is 20.7 Å². The molecule has 2 fully saturated rings. The van der Waals surface area contributed by atoms with Crippen molar-refractivity contribution in [1.29, 1.82) is 0 Å². The van der Waals surface area contributed by atoms with Gasteiger partial charge in [-0.2, -0.15) is 0 Å². The smallest absolute Gasteiger partial charge is 0.231 e. The molecule has 2 aromatic rings. The molecule has 0 saturated heterocycles. The van der Waals surface area contributed by atoms with Crippen LogP contribution in [0.3, 0.4) is 0 Å². The molecule has 6 heteroatoms. The van der Waals surface area contributed by atoms with E-state index in [0.29, 0.717) is 17.6 Å². The number of carbonyl (C=O) groups is 1. The number of hydrogen-bond acceptors (Lipinski definition) is 4. The second-order valence-corrected chi connectivity index (χ2v) is 6.85. The van der Waals surface area contributed by atoms with Gasteiger partial charge in [-0.15, -0.1) is 5.10 Å². The number of primary amides is 1. The molecule has 2 saturated carbocycles. The molecule has 4 rings (SSSR count). The molecule has 0 aliphatic heterocycles. The van der Waals surface area contributed by atoms with E-state index < -0.39 is 5.41 Å². The van der Waals surface area contributed by atoms with Gasteiger partial charge >= 0.3 is 0 Å². The Bertz CT molecular complexity index is 736. The van der Waals surface area contributed by atoms with Crippen molar-refractivity contribution in [2.24, 2.45) is 5.73 Å². The van der Waals surface area contributed by atoms with Gasteiger partial charge < -0.3 is 10.2 Å². The number of nitrogens with zero attached hydrogens (tertiary/aromatic N) is 3. The minimum atomic E-state index is -0.621. The molecule has 122 valence electrons. The first-order valence-electron chi connectivity index (χ1n) is 8.44. The Labute approximate surface area is 135 Å². The summed E-state index contributed by atoms with van der Waals surface area (Å²) in [5.41, 5.74) is 5.05. The number of furan rings is 1. The first-order chi connectivity index (χ1) is 11.1. The molecule has 0 bridgehead atoms. The van der Waals surface area contributed by atoms with Crippen molar-refractivity contribution in [3.63, 3.8) is 0 Å². The standard InChI is InChI=1S/C17H22N4O2/c1-11-7-8-13(23-11)14-19-16(17(9-10-17)15(18)22)21(20-14)12-5-3-2-4-6-12/h7-8,12H,2-6,9-10H2,1H3,(H2,18,22). The zero-order chi connectivity index (χ0) is 16.0. The second kappa shape index (κ2) is 5.22. The molecule has 6 nitrogen and oxygen atoms in total. The average Bonchev–Trinajstić information content (AvgIpc) is 3.06. The van der Waals surface area contributed by atoms with Crippen LogP contribution in [0, 0.1) is 6.92 Å². The van der Waals surface area contributed by atoms with Crippen molar-refractivity contribution >= 4 is 5.91 Å². The van der Waals surface area contributed by atoms with Crippen molar-refractivity contribution < 1.29 is 9.21 Å². The van der Waals surface area contributed by atoms with E-state index in [1.165, 1.54) is 19.3 Å². The van der Waals surface area contributed by atoms with Crippen molar-refractivity contribution in [2.75, 3.05) is 0 Å². The lowest BCUT2D eigenvalue weighted by atomic mass is 9.95. The first kappa shape index (κ1) is 14.5. The minimum absolute atomic E-state index is 0.288. The summed E-state index contributed by atoms with van der Waals surface area (Å²) in [6, 6.07) is 4.09. The first-order valence-corrected chi connectivity index (χ1v) is 8.44. The maximum Gasteiger partial charge on any atom is 0.231 e. The summed E-state index contributed by atoms with van der Waals surface area (Å²) in [6.07, 6.45) is 7.37. The molecular weight excluding hydrogens is 292 g/mol. The van der Waals surface area contributed by atoms with Gasteiger partial charge in [-0.25, -0.2) is 9.67 Å². The van der Waals surface area contributed by atoms with Gasteiger partial charge in [0, 0.05) is 0 Å². The molecule has 1 amide bonds. The van der Waals surface area contributed by atoms with Crippen LogP contribution in [0.4, 0.5) is 0 Å². The molecule has 2 N–H and O–H groups in total. The zero-order valence-electron chi connectivity index (χ0n) is 13.4. The topological polar surface area (TPSA) is 86.9 Å². The lowest BCUT2D eigenvalue weighted by Crippen LogP contribution is -2.33. The normalized spacial score (nSPS) is 20.6. The third-order valence-corrected chi connectivity index (χ3v) is 5.16. The Hall–Kier alpha value is -2.11. The summed E-state index contributed by atoms with van der Waals surface area (Å²) in [4.78, 5) is 16.7. The summed E-state index contributed by atoms with van der Waals surface area (Å²) >= 11 is 0. The minimum Gasteiger partial charge on any atom is -0.458 e. The van der Waals surface area contributed by atoms with E-state index in [4.69, 9.17) is 15.2 Å². The number of aromatic nitrogens is 3. The fourth-order valence-corrected chi connectivity index (χ4v) is 3.59. The van der Waals surface area contributed by atoms with Gasteiger partial charge in [0.25, 0.3) is 0 Å². The van der Waals surface area contributed by atoms with E-state index in [2.05, 4.69) is 4.98 Å². The van der Waals surface area contributed by atoms with E-state index in [1.54, 1.807) is 0 Å². The molecule has 0 unspecified atom stereocenters. The lowest BCUT2D eigenvalue weighted by molar-refractivity contribution is -0.120. The average molecular weight is 314 g/mol. The zero-order valence-corrected chi connectivity index (χ0v) is 13.4. The van der Waals surface area contributed by atoms with Crippen molar-refractivity contribution in [2.45, 2.75) is 63.3 Å². The molecule has 2 aliphatic carbocycles. The van der Waals surface area contributed by atoms with Crippen LogP contribution in [0.15, 0.2) is 16.5 Å². The van der Waals surface area contributed by atoms with Crippen molar-refractivity contribution in [1.82, 2.24) is 14.8 Å². The third kappa shape index (κ3) is 2.36. The van der Waals surface area contributed by atoms with Crippen LogP contribution in [0.25, 0.3) is 11.6 Å². The highest BCUT2D eigenvalue weighted by atomic mass is 16.3. The monoisotopic (exact) mass is 314 g/mol. The molecule has 2 aromatic heterocycles. The quantitative estimate of drug-likeness (QED) is 0.940. The molecule has 0 spiro atoms. The highest BCUT2D eigenvalue weighted by molar-refractivity contribution is 5.89. The Kier molecular flexibility index (Phi) is 3.28. The Morgan fingerprint density at radius 3 is 2.61 bits per heavy atom. The van der Waals surface area contributed by atoms with E-state index in [1.807, 2.05) is 23.7 Å². The predicted octanol–water partition coefficient (Wildman–Crippen LogP) is 2.87. The Morgan fingerprint density at radius 1 is 1.30 bits per heavy atom. The van der Waals surface area contributed by atoms with E-state index >= 15 is 0 Å². The van der Waals surface area contributed by atoms with Gasteiger partial charge in [-0.1, -0.05) is 19.3 Å². The molecular formula is C17H22N4O2. The van der Waals surface area contributed by atoms with E-state index in [9.17, 15) is 4.79 Å². The highest BCUT2D eigenvalue weighted by Gasteiger charge is 2.54. The number of hydrogen-bond donors (Lipinski definition) is 1. The maximum absolute atomic E-state index is 12.0. The fourth-order valence-electron chi connectivity index (χ4n) is 3.59. The van der Waals surface area contributed by atoms with Crippen LogP contribution < -0.4 is 5.73 Å². The lowest BCUT2D eigenvalue weighted by Gasteiger charge is -2.24. The Morgan fingerprint density at radius 2 is 2.04 bits per heavy atom. The van der Waals surface area contributed by atoms with Crippen LogP contribution in [0.1, 0.15) is 62.6 Å². The summed E-state index contributed by atoms with van der Waals surface area (Å²) in [7, 11) is 0. The van der Waals surface area contributed by atoms with Gasteiger partial charge in [-0.3, -0.25) is 4.79 Å². The second-order valence-electron chi connectivity index (χ2n) is 6.85. The molecule has 0 aromatic carbocycles. The highest BCUT2D eigenvalue weighted by Crippen LogP contribution is 2.48. The van der Waals surface area contributed by atoms with Crippen LogP contribution in [0.2, 0.25) is 0 Å². The predicted molar refractivity (Wildman–Crippen MR) is 84.7 cm³/mol. The number of nitrogens with two attached hydrogens (primary N) is 1. The largest absolute Gasteiger partial charge is 0.458 e. The number of rotatable bonds is 4. The van der Waals surface area contributed by atoms with Gasteiger partial charge in [-0.05, 0) is 44.7 Å².